The number of aromatic nitrogens is 1. The summed E-state index contributed by atoms with van der Waals surface area (Å²) in [4.78, 5) is 11.9. The first kappa shape index (κ1) is 11.6. The molecule has 0 aliphatic heterocycles. The van der Waals surface area contributed by atoms with Crippen LogP contribution in [-0.2, 0) is 0 Å². The number of nitrogens with zero attached hydrogens (tertiary/aromatic N) is 1. The van der Waals surface area contributed by atoms with E-state index in [2.05, 4.69) is 0 Å². The predicted octanol–water partition coefficient (Wildman–Crippen LogP) is 2.88. The van der Waals surface area contributed by atoms with Crippen molar-refractivity contribution < 1.29 is 9.15 Å². The van der Waals surface area contributed by atoms with E-state index in [4.69, 9.17) is 9.15 Å². The van der Waals surface area contributed by atoms with Crippen LogP contribution in [0.3, 0.4) is 0 Å². The maximum absolute atomic E-state index is 11.9. The summed E-state index contributed by atoms with van der Waals surface area (Å²) in [6.45, 7) is 1.94. The Hall–Kier alpha value is -2.49. The first-order valence-electron chi connectivity index (χ1n) is 5.94. The molecule has 0 fully saturated rings. The van der Waals surface area contributed by atoms with Gasteiger partial charge in [0, 0.05) is 11.8 Å². The van der Waals surface area contributed by atoms with Gasteiger partial charge in [-0.1, -0.05) is 12.1 Å². The van der Waals surface area contributed by atoms with Crippen molar-refractivity contribution in [1.82, 2.24) is 4.40 Å². The minimum atomic E-state index is -0.339. The number of rotatable bonds is 2. The molecule has 0 atom stereocenters. The van der Waals surface area contributed by atoms with Crippen molar-refractivity contribution in [3.05, 3.63) is 58.7 Å². The molecule has 0 N–H and O–H groups in total. The van der Waals surface area contributed by atoms with E-state index in [9.17, 15) is 4.79 Å². The van der Waals surface area contributed by atoms with Crippen molar-refractivity contribution in [2.45, 2.75) is 6.92 Å². The summed E-state index contributed by atoms with van der Waals surface area (Å²) in [6, 6.07) is 9.23. The van der Waals surface area contributed by atoms with Gasteiger partial charge in [-0.15, -0.1) is 0 Å². The van der Waals surface area contributed by atoms with Gasteiger partial charge in [-0.3, -0.25) is 0 Å². The van der Waals surface area contributed by atoms with Crippen LogP contribution < -0.4 is 10.4 Å². The van der Waals surface area contributed by atoms with Crippen molar-refractivity contribution in [2.24, 2.45) is 0 Å². The molecule has 4 heteroatoms. The van der Waals surface area contributed by atoms with E-state index in [1.807, 2.05) is 37.4 Å². The Bertz CT molecular complexity index is 799. The molecule has 0 radical (unpaired) electrons. The van der Waals surface area contributed by atoms with E-state index < -0.39 is 0 Å². The summed E-state index contributed by atoms with van der Waals surface area (Å²) in [5.74, 6) is 1.25. The summed E-state index contributed by atoms with van der Waals surface area (Å²) in [7, 11) is 1.60. The van der Waals surface area contributed by atoms with Crippen molar-refractivity contribution in [3.8, 4) is 17.1 Å². The molecule has 1 aromatic carbocycles. The second-order valence-electron chi connectivity index (χ2n) is 4.42. The van der Waals surface area contributed by atoms with Gasteiger partial charge in [-0.05, 0) is 30.7 Å². The van der Waals surface area contributed by atoms with E-state index >= 15 is 0 Å². The first-order valence-corrected chi connectivity index (χ1v) is 5.94. The van der Waals surface area contributed by atoms with Gasteiger partial charge in [-0.25, -0.2) is 4.79 Å². The molecule has 0 bridgehead atoms. The Kier molecular flexibility index (Phi) is 2.63. The number of ether oxygens (including phenoxy) is 1. The molecule has 96 valence electrons. The Morgan fingerprint density at radius 1 is 1.21 bits per heavy atom. The van der Waals surface area contributed by atoms with E-state index in [0.29, 0.717) is 11.3 Å². The van der Waals surface area contributed by atoms with Crippen LogP contribution in [0.2, 0.25) is 0 Å². The van der Waals surface area contributed by atoms with Gasteiger partial charge in [0.15, 0.2) is 5.76 Å². The van der Waals surface area contributed by atoms with Crippen molar-refractivity contribution in [1.29, 1.82) is 0 Å². The number of hydrogen-bond acceptors (Lipinski definition) is 3. The van der Waals surface area contributed by atoms with E-state index in [1.165, 1.54) is 0 Å². The molecule has 0 spiro atoms. The molecule has 0 amide bonds. The molecule has 0 unspecified atom stereocenters. The van der Waals surface area contributed by atoms with Crippen LogP contribution in [0.4, 0.5) is 0 Å². The Balaban J connectivity index is 2.21. The zero-order valence-corrected chi connectivity index (χ0v) is 10.7. The standard InChI is InChI=1S/C15H13NO3/c1-10-6-13-15(17)19-14(9-16(13)8-10)11-4-3-5-12(7-11)18-2/h3-9H,1-2H3. The topological polar surface area (TPSA) is 43.9 Å². The van der Waals surface area contributed by atoms with Crippen molar-refractivity contribution >= 4 is 5.52 Å². The molecular weight excluding hydrogens is 242 g/mol. The minimum Gasteiger partial charge on any atom is -0.497 e. The molecule has 3 rings (SSSR count). The number of fused-ring (bicyclic) bond motifs is 1. The Labute approximate surface area is 109 Å². The molecule has 0 saturated heterocycles. The number of benzene rings is 1. The van der Waals surface area contributed by atoms with Crippen LogP contribution in [0.25, 0.3) is 16.8 Å². The molecule has 2 aromatic heterocycles. The lowest BCUT2D eigenvalue weighted by Crippen LogP contribution is -2.03. The highest BCUT2D eigenvalue weighted by molar-refractivity contribution is 5.60. The maximum atomic E-state index is 11.9. The largest absolute Gasteiger partial charge is 0.497 e. The molecule has 0 aliphatic carbocycles. The average Bonchev–Trinajstić information content (AvgIpc) is 2.80. The third kappa shape index (κ3) is 2.01. The van der Waals surface area contributed by atoms with Gasteiger partial charge >= 0.3 is 5.63 Å². The highest BCUT2D eigenvalue weighted by Crippen LogP contribution is 2.23. The lowest BCUT2D eigenvalue weighted by molar-refractivity contribution is 0.414. The number of aryl methyl sites for hydroxylation is 1. The highest BCUT2D eigenvalue weighted by atomic mass is 16.5. The summed E-state index contributed by atoms with van der Waals surface area (Å²) in [5.41, 5.74) is 2.04. The Morgan fingerprint density at radius 2 is 2.05 bits per heavy atom. The fourth-order valence-corrected chi connectivity index (χ4v) is 2.10. The summed E-state index contributed by atoms with van der Waals surface area (Å²) < 4.78 is 12.3. The summed E-state index contributed by atoms with van der Waals surface area (Å²) in [5, 5.41) is 0. The third-order valence-electron chi connectivity index (χ3n) is 3.01. The van der Waals surface area contributed by atoms with E-state index in [-0.39, 0.29) is 5.63 Å². The zero-order chi connectivity index (χ0) is 13.4. The van der Waals surface area contributed by atoms with Crippen LogP contribution in [0.5, 0.6) is 5.75 Å². The normalized spacial score (nSPS) is 10.8. The minimum absolute atomic E-state index is 0.339. The SMILES string of the molecule is COc1cccc(-c2cn3cc(C)cc3c(=O)o2)c1. The Morgan fingerprint density at radius 3 is 2.84 bits per heavy atom. The molecule has 0 saturated carbocycles. The maximum Gasteiger partial charge on any atom is 0.360 e. The van der Waals surface area contributed by atoms with E-state index in [1.54, 1.807) is 23.8 Å². The smallest absolute Gasteiger partial charge is 0.360 e. The quantitative estimate of drug-likeness (QED) is 0.707. The van der Waals surface area contributed by atoms with Crippen LogP contribution in [0, 0.1) is 6.92 Å². The highest BCUT2D eigenvalue weighted by Gasteiger charge is 2.08. The molecule has 0 aliphatic rings. The molecule has 2 heterocycles. The van der Waals surface area contributed by atoms with Crippen LogP contribution in [0.15, 0.2) is 51.9 Å². The van der Waals surface area contributed by atoms with Gasteiger partial charge in [0.05, 0.1) is 13.3 Å². The predicted molar refractivity (Wildman–Crippen MR) is 72.7 cm³/mol. The number of hydrogen-bond donors (Lipinski definition) is 0. The average molecular weight is 255 g/mol. The fraction of sp³-hybridized carbons (Fsp3) is 0.133. The molecular formula is C15H13NO3. The second kappa shape index (κ2) is 4.31. The lowest BCUT2D eigenvalue weighted by Gasteiger charge is -2.04. The van der Waals surface area contributed by atoms with Crippen molar-refractivity contribution in [3.63, 3.8) is 0 Å². The molecule has 3 aromatic rings. The van der Waals surface area contributed by atoms with Crippen LogP contribution in [-0.4, -0.2) is 11.5 Å². The van der Waals surface area contributed by atoms with Crippen LogP contribution in [0.1, 0.15) is 5.56 Å². The molecule has 4 nitrogen and oxygen atoms in total. The summed E-state index contributed by atoms with van der Waals surface area (Å²) >= 11 is 0. The van der Waals surface area contributed by atoms with Gasteiger partial charge in [0.2, 0.25) is 0 Å². The fourth-order valence-electron chi connectivity index (χ4n) is 2.10. The van der Waals surface area contributed by atoms with E-state index in [0.717, 1.165) is 16.9 Å². The molecule has 19 heavy (non-hydrogen) atoms. The van der Waals surface area contributed by atoms with Gasteiger partial charge in [-0.2, -0.15) is 0 Å². The first-order chi connectivity index (χ1) is 9.17. The van der Waals surface area contributed by atoms with Gasteiger partial charge in [0.1, 0.15) is 11.3 Å². The van der Waals surface area contributed by atoms with Crippen LogP contribution >= 0.6 is 0 Å². The number of methoxy groups -OCH3 is 1. The second-order valence-corrected chi connectivity index (χ2v) is 4.42. The lowest BCUT2D eigenvalue weighted by atomic mass is 10.2. The van der Waals surface area contributed by atoms with Gasteiger partial charge in [0.25, 0.3) is 0 Å². The van der Waals surface area contributed by atoms with Gasteiger partial charge < -0.3 is 13.6 Å². The zero-order valence-electron chi connectivity index (χ0n) is 10.7. The monoisotopic (exact) mass is 255 g/mol. The summed E-state index contributed by atoms with van der Waals surface area (Å²) in [6.07, 6.45) is 3.70. The third-order valence-corrected chi connectivity index (χ3v) is 3.01. The van der Waals surface area contributed by atoms with Crippen molar-refractivity contribution in [2.75, 3.05) is 7.11 Å².